The molecule has 1 atom stereocenters. The summed E-state index contributed by atoms with van der Waals surface area (Å²) in [5.41, 5.74) is 2.77. The summed E-state index contributed by atoms with van der Waals surface area (Å²) in [7, 11) is -1.94. The van der Waals surface area contributed by atoms with Crippen molar-refractivity contribution < 1.29 is 17.9 Å². The molecule has 0 saturated carbocycles. The summed E-state index contributed by atoms with van der Waals surface area (Å²) in [5.74, 6) is 0.495. The fraction of sp³-hybridized carbons (Fsp3) is 0.409. The lowest BCUT2D eigenvalue weighted by atomic mass is 10.0. The second-order valence-electron chi connectivity index (χ2n) is 7.08. The monoisotopic (exact) mass is 418 g/mol. The summed E-state index contributed by atoms with van der Waals surface area (Å²) < 4.78 is 30.9. The fourth-order valence-electron chi connectivity index (χ4n) is 3.12. The van der Waals surface area contributed by atoms with E-state index in [0.29, 0.717) is 17.9 Å². The van der Waals surface area contributed by atoms with Crippen molar-refractivity contribution in [3.8, 4) is 5.75 Å². The molecule has 0 saturated heterocycles. The highest BCUT2D eigenvalue weighted by Gasteiger charge is 2.19. The lowest BCUT2D eigenvalue weighted by Gasteiger charge is -2.23. The van der Waals surface area contributed by atoms with E-state index in [0.717, 1.165) is 18.2 Å². The number of nitrogens with one attached hydrogen (secondary N) is 1. The number of hydrogen-bond donors (Lipinski definition) is 1. The van der Waals surface area contributed by atoms with Gasteiger partial charge in [0.05, 0.1) is 25.1 Å². The van der Waals surface area contributed by atoms with Gasteiger partial charge in [0, 0.05) is 19.0 Å². The van der Waals surface area contributed by atoms with Crippen molar-refractivity contribution >= 4 is 21.6 Å². The second-order valence-corrected chi connectivity index (χ2v) is 8.99. The maximum atomic E-state index is 12.4. The van der Waals surface area contributed by atoms with E-state index in [2.05, 4.69) is 5.32 Å². The van der Waals surface area contributed by atoms with Gasteiger partial charge in [-0.3, -0.25) is 9.10 Å². The van der Waals surface area contributed by atoms with Crippen LogP contribution in [0, 0.1) is 6.92 Å². The highest BCUT2D eigenvalue weighted by molar-refractivity contribution is 7.92. The molecule has 2 aromatic carbocycles. The van der Waals surface area contributed by atoms with Crippen LogP contribution in [0.4, 0.5) is 5.69 Å². The Bertz CT molecular complexity index is 911. The minimum absolute atomic E-state index is 0.0486. The number of carbonyl (C=O) groups excluding carboxylic acids is 1. The van der Waals surface area contributed by atoms with E-state index in [4.69, 9.17) is 4.74 Å². The van der Waals surface area contributed by atoms with Gasteiger partial charge in [-0.25, -0.2) is 8.42 Å². The number of ether oxygens (including phenoxy) is 1. The third kappa shape index (κ3) is 6.78. The second kappa shape index (κ2) is 10.3. The number of benzene rings is 2. The predicted octanol–water partition coefficient (Wildman–Crippen LogP) is 3.82. The van der Waals surface area contributed by atoms with Crippen LogP contribution in [-0.2, 0) is 14.8 Å². The minimum Gasteiger partial charge on any atom is -0.497 e. The largest absolute Gasteiger partial charge is 0.497 e. The molecule has 1 N–H and O–H groups in total. The molecular formula is C22H30N2O4S. The number of amides is 1. The summed E-state index contributed by atoms with van der Waals surface area (Å²) in [6.07, 6.45) is 2.62. The Morgan fingerprint density at radius 2 is 1.86 bits per heavy atom. The quantitative estimate of drug-likeness (QED) is 0.636. The highest BCUT2D eigenvalue weighted by Crippen LogP contribution is 2.23. The minimum atomic E-state index is -3.47. The Hall–Kier alpha value is -2.54. The SMILES string of the molecule is CC[C@@H](NC(=O)CCCN(c1cccc(OC)c1)S(C)(=O)=O)c1ccc(C)cc1. The highest BCUT2D eigenvalue weighted by atomic mass is 32.2. The molecule has 0 fully saturated rings. The van der Waals surface area contributed by atoms with Crippen LogP contribution < -0.4 is 14.4 Å². The molecule has 0 aliphatic rings. The number of anilines is 1. The maximum Gasteiger partial charge on any atom is 0.232 e. The van der Waals surface area contributed by atoms with Crippen LogP contribution in [0.1, 0.15) is 43.4 Å². The van der Waals surface area contributed by atoms with Crippen molar-refractivity contribution in [1.82, 2.24) is 5.32 Å². The molecule has 0 aromatic heterocycles. The molecule has 158 valence electrons. The average molecular weight is 419 g/mol. The zero-order valence-corrected chi connectivity index (χ0v) is 18.3. The number of carbonyl (C=O) groups is 1. The van der Waals surface area contributed by atoms with Crippen LogP contribution in [0.15, 0.2) is 48.5 Å². The molecule has 6 nitrogen and oxygen atoms in total. The molecule has 0 bridgehead atoms. The third-order valence-electron chi connectivity index (χ3n) is 4.73. The number of aryl methyl sites for hydroxylation is 1. The average Bonchev–Trinajstić information content (AvgIpc) is 2.69. The Morgan fingerprint density at radius 1 is 1.17 bits per heavy atom. The van der Waals surface area contributed by atoms with Crippen molar-refractivity contribution in [2.75, 3.05) is 24.2 Å². The Morgan fingerprint density at radius 3 is 2.45 bits per heavy atom. The van der Waals surface area contributed by atoms with Gasteiger partial charge >= 0.3 is 0 Å². The molecule has 1 amide bonds. The number of hydrogen-bond acceptors (Lipinski definition) is 4. The van der Waals surface area contributed by atoms with Gasteiger partial charge < -0.3 is 10.1 Å². The molecule has 7 heteroatoms. The molecule has 0 radical (unpaired) electrons. The lowest BCUT2D eigenvalue weighted by Crippen LogP contribution is -2.33. The van der Waals surface area contributed by atoms with Gasteiger partial charge in [-0.1, -0.05) is 42.8 Å². The van der Waals surface area contributed by atoms with Crippen molar-refractivity contribution in [2.24, 2.45) is 0 Å². The van der Waals surface area contributed by atoms with Gasteiger partial charge in [-0.05, 0) is 37.5 Å². The predicted molar refractivity (Wildman–Crippen MR) is 117 cm³/mol. The summed E-state index contributed by atoms with van der Waals surface area (Å²) in [6.45, 7) is 4.28. The van der Waals surface area contributed by atoms with Crippen LogP contribution in [0.3, 0.4) is 0 Å². The van der Waals surface area contributed by atoms with E-state index < -0.39 is 10.0 Å². The van der Waals surface area contributed by atoms with Crippen LogP contribution in [0.5, 0.6) is 5.75 Å². The molecule has 0 spiro atoms. The number of nitrogens with zero attached hydrogens (tertiary/aromatic N) is 1. The molecule has 2 rings (SSSR count). The van der Waals surface area contributed by atoms with E-state index in [1.54, 1.807) is 24.3 Å². The summed E-state index contributed by atoms with van der Waals surface area (Å²) in [5, 5.41) is 3.05. The van der Waals surface area contributed by atoms with E-state index in [1.807, 2.05) is 38.1 Å². The van der Waals surface area contributed by atoms with E-state index in [9.17, 15) is 13.2 Å². The zero-order valence-electron chi connectivity index (χ0n) is 17.5. The molecule has 0 unspecified atom stereocenters. The molecule has 0 aliphatic carbocycles. The first-order valence-electron chi connectivity index (χ1n) is 9.72. The van der Waals surface area contributed by atoms with Crippen molar-refractivity contribution in [3.05, 3.63) is 59.7 Å². The molecular weight excluding hydrogens is 388 g/mol. The molecule has 0 heterocycles. The van der Waals surface area contributed by atoms with E-state index in [-0.39, 0.29) is 24.9 Å². The Kier molecular flexibility index (Phi) is 8.08. The van der Waals surface area contributed by atoms with E-state index in [1.165, 1.54) is 17.0 Å². The Balaban J connectivity index is 1.97. The zero-order chi connectivity index (χ0) is 21.4. The van der Waals surface area contributed by atoms with Crippen molar-refractivity contribution in [1.29, 1.82) is 0 Å². The van der Waals surface area contributed by atoms with Crippen molar-refractivity contribution in [2.45, 2.75) is 39.2 Å². The van der Waals surface area contributed by atoms with Gasteiger partial charge in [0.15, 0.2) is 0 Å². The van der Waals surface area contributed by atoms with Gasteiger partial charge in [0.1, 0.15) is 5.75 Å². The van der Waals surface area contributed by atoms with Crippen LogP contribution in [-0.4, -0.2) is 34.2 Å². The summed E-state index contributed by atoms with van der Waals surface area (Å²) in [4.78, 5) is 12.4. The van der Waals surface area contributed by atoms with Gasteiger partial charge in [0.25, 0.3) is 0 Å². The number of rotatable bonds is 10. The van der Waals surface area contributed by atoms with Crippen LogP contribution in [0.25, 0.3) is 0 Å². The normalized spacial score (nSPS) is 12.3. The number of methoxy groups -OCH3 is 1. The van der Waals surface area contributed by atoms with Crippen LogP contribution in [0.2, 0.25) is 0 Å². The number of sulfonamides is 1. The fourth-order valence-corrected chi connectivity index (χ4v) is 4.08. The third-order valence-corrected chi connectivity index (χ3v) is 5.92. The van der Waals surface area contributed by atoms with Gasteiger partial charge in [0.2, 0.25) is 15.9 Å². The molecule has 2 aromatic rings. The smallest absolute Gasteiger partial charge is 0.232 e. The summed E-state index contributed by atoms with van der Waals surface area (Å²) >= 11 is 0. The van der Waals surface area contributed by atoms with Crippen molar-refractivity contribution in [3.63, 3.8) is 0 Å². The topological polar surface area (TPSA) is 75.7 Å². The van der Waals surface area contributed by atoms with Crippen LogP contribution >= 0.6 is 0 Å². The molecule has 29 heavy (non-hydrogen) atoms. The first-order chi connectivity index (χ1) is 13.7. The standard InChI is InChI=1S/C22H30N2O4S/c1-5-21(18-13-11-17(2)12-14-18)23-22(25)10-7-15-24(29(4,26)27)19-8-6-9-20(16-19)28-3/h6,8-9,11-14,16,21H,5,7,10,15H2,1-4H3,(H,23,25)/t21-/m1/s1. The Labute approximate surface area is 173 Å². The first-order valence-corrected chi connectivity index (χ1v) is 11.6. The molecule has 0 aliphatic heterocycles. The maximum absolute atomic E-state index is 12.4. The lowest BCUT2D eigenvalue weighted by molar-refractivity contribution is -0.121. The first kappa shape index (κ1) is 22.7. The van der Waals surface area contributed by atoms with E-state index >= 15 is 0 Å². The summed E-state index contributed by atoms with van der Waals surface area (Å²) in [6, 6.07) is 15.0. The van der Waals surface area contributed by atoms with Gasteiger partial charge in [-0.2, -0.15) is 0 Å². The van der Waals surface area contributed by atoms with Gasteiger partial charge in [-0.15, -0.1) is 0 Å².